The van der Waals surface area contributed by atoms with Gasteiger partial charge in [0.25, 0.3) is 0 Å². The normalized spacial score (nSPS) is 10.7. The van der Waals surface area contributed by atoms with Crippen LogP contribution in [0.5, 0.6) is 0 Å². The van der Waals surface area contributed by atoms with E-state index in [0.29, 0.717) is 11.6 Å². The van der Waals surface area contributed by atoms with Crippen molar-refractivity contribution in [2.45, 2.75) is 33.1 Å². The van der Waals surface area contributed by atoms with Crippen molar-refractivity contribution in [1.82, 2.24) is 15.0 Å². The largest absolute Gasteiger partial charge is 0.383 e. The molecule has 0 saturated carbocycles. The summed E-state index contributed by atoms with van der Waals surface area (Å²) in [5.74, 6) is 1.18. The SMILES string of the molecule is CCCc1nc(-c2ncccc2CC)nc(N)c1I. The van der Waals surface area contributed by atoms with Gasteiger partial charge in [-0.1, -0.05) is 26.3 Å². The number of hydrogen-bond donors (Lipinski definition) is 1. The standard InChI is InChI=1S/C14H17IN4/c1-3-6-10-11(15)13(16)19-14(18-10)12-9(4-2)7-5-8-17-12/h5,7-8H,3-4,6H2,1-2H3,(H2,16,18,19). The number of halogens is 1. The summed E-state index contributed by atoms with van der Waals surface area (Å²) in [6.07, 6.45) is 4.62. The molecule has 2 aromatic rings. The van der Waals surface area contributed by atoms with Crippen LogP contribution in [0.2, 0.25) is 0 Å². The summed E-state index contributed by atoms with van der Waals surface area (Å²) in [5, 5.41) is 0. The Labute approximate surface area is 127 Å². The zero-order valence-corrected chi connectivity index (χ0v) is 13.3. The molecular formula is C14H17IN4. The fraction of sp³-hybridized carbons (Fsp3) is 0.357. The van der Waals surface area contributed by atoms with Gasteiger partial charge in [0.1, 0.15) is 11.5 Å². The first-order valence-electron chi connectivity index (χ1n) is 6.43. The van der Waals surface area contributed by atoms with Gasteiger partial charge in [-0.2, -0.15) is 0 Å². The van der Waals surface area contributed by atoms with Gasteiger partial charge in [-0.3, -0.25) is 4.98 Å². The second kappa shape index (κ2) is 6.27. The fourth-order valence-corrected chi connectivity index (χ4v) is 2.46. The van der Waals surface area contributed by atoms with Gasteiger partial charge in [-0.05, 0) is 47.1 Å². The fourth-order valence-electron chi connectivity index (χ4n) is 1.95. The Bertz CT molecular complexity index is 584. The van der Waals surface area contributed by atoms with Crippen LogP contribution in [0, 0.1) is 3.57 Å². The van der Waals surface area contributed by atoms with Crippen LogP contribution in [0.15, 0.2) is 18.3 Å². The molecule has 2 N–H and O–H groups in total. The van der Waals surface area contributed by atoms with Crippen molar-refractivity contribution in [3.8, 4) is 11.5 Å². The predicted molar refractivity (Wildman–Crippen MR) is 85.8 cm³/mol. The summed E-state index contributed by atoms with van der Waals surface area (Å²) in [5.41, 5.74) is 8.99. The van der Waals surface area contributed by atoms with Crippen molar-refractivity contribution >= 4 is 28.4 Å². The molecule has 0 fully saturated rings. The first-order chi connectivity index (χ1) is 9.17. The van der Waals surface area contributed by atoms with Gasteiger partial charge < -0.3 is 5.73 Å². The Kier molecular flexibility index (Phi) is 4.68. The molecule has 0 atom stereocenters. The number of nitrogens with zero attached hydrogens (tertiary/aromatic N) is 3. The van der Waals surface area contributed by atoms with Crippen molar-refractivity contribution in [3.05, 3.63) is 33.2 Å². The minimum Gasteiger partial charge on any atom is -0.383 e. The van der Waals surface area contributed by atoms with E-state index in [1.807, 2.05) is 6.07 Å². The first-order valence-corrected chi connectivity index (χ1v) is 7.51. The van der Waals surface area contributed by atoms with Crippen LogP contribution in [-0.4, -0.2) is 15.0 Å². The highest BCUT2D eigenvalue weighted by Gasteiger charge is 2.13. The number of rotatable bonds is 4. The molecule has 100 valence electrons. The summed E-state index contributed by atoms with van der Waals surface area (Å²) in [6, 6.07) is 3.99. The lowest BCUT2D eigenvalue weighted by molar-refractivity contribution is 0.866. The molecule has 2 rings (SSSR count). The lowest BCUT2D eigenvalue weighted by Gasteiger charge is -2.10. The molecule has 0 aliphatic heterocycles. The number of nitrogen functional groups attached to an aromatic ring is 1. The van der Waals surface area contributed by atoms with Crippen LogP contribution < -0.4 is 5.73 Å². The third kappa shape index (κ3) is 3.02. The second-order valence-corrected chi connectivity index (χ2v) is 5.39. The first kappa shape index (κ1) is 14.2. The van der Waals surface area contributed by atoms with Crippen molar-refractivity contribution < 1.29 is 0 Å². The highest BCUT2D eigenvalue weighted by Crippen LogP contribution is 2.24. The Morgan fingerprint density at radius 1 is 1.26 bits per heavy atom. The minimum absolute atomic E-state index is 0.543. The van der Waals surface area contributed by atoms with E-state index >= 15 is 0 Å². The van der Waals surface area contributed by atoms with Gasteiger partial charge in [-0.25, -0.2) is 9.97 Å². The van der Waals surface area contributed by atoms with E-state index in [4.69, 9.17) is 5.73 Å². The molecular weight excluding hydrogens is 351 g/mol. The molecule has 0 bridgehead atoms. The van der Waals surface area contributed by atoms with Crippen molar-refractivity contribution in [3.63, 3.8) is 0 Å². The Hall–Kier alpha value is -1.24. The van der Waals surface area contributed by atoms with Crippen LogP contribution in [0.25, 0.3) is 11.5 Å². The average Bonchev–Trinajstić information content (AvgIpc) is 2.43. The number of aromatic nitrogens is 3. The van der Waals surface area contributed by atoms with Gasteiger partial charge in [0, 0.05) is 6.20 Å². The van der Waals surface area contributed by atoms with Crippen molar-refractivity contribution in [2.24, 2.45) is 0 Å². The molecule has 0 aliphatic rings. The number of hydrogen-bond acceptors (Lipinski definition) is 4. The zero-order valence-electron chi connectivity index (χ0n) is 11.2. The average molecular weight is 368 g/mol. The molecule has 0 amide bonds. The summed E-state index contributed by atoms with van der Waals surface area (Å²) >= 11 is 2.21. The lowest BCUT2D eigenvalue weighted by Crippen LogP contribution is -2.06. The number of nitrogens with two attached hydrogens (primary N) is 1. The predicted octanol–water partition coefficient (Wildman–Crippen LogP) is 3.24. The third-order valence-corrected chi connectivity index (χ3v) is 4.09. The molecule has 0 aromatic carbocycles. The van der Waals surface area contributed by atoms with Crippen molar-refractivity contribution in [2.75, 3.05) is 5.73 Å². The van der Waals surface area contributed by atoms with E-state index in [9.17, 15) is 0 Å². The van der Waals surface area contributed by atoms with Crippen molar-refractivity contribution in [1.29, 1.82) is 0 Å². The van der Waals surface area contributed by atoms with Crippen LogP contribution in [0.4, 0.5) is 5.82 Å². The van der Waals surface area contributed by atoms with E-state index in [0.717, 1.165) is 39.8 Å². The van der Waals surface area contributed by atoms with E-state index in [1.54, 1.807) is 6.20 Å². The molecule has 0 saturated heterocycles. The molecule has 2 heterocycles. The summed E-state index contributed by atoms with van der Waals surface area (Å²) in [4.78, 5) is 13.4. The second-order valence-electron chi connectivity index (χ2n) is 4.31. The van der Waals surface area contributed by atoms with Gasteiger partial charge >= 0.3 is 0 Å². The Morgan fingerprint density at radius 3 is 2.74 bits per heavy atom. The molecule has 5 heteroatoms. The van der Waals surface area contributed by atoms with E-state index in [-0.39, 0.29) is 0 Å². The maximum Gasteiger partial charge on any atom is 0.180 e. The monoisotopic (exact) mass is 368 g/mol. The van der Waals surface area contributed by atoms with E-state index in [1.165, 1.54) is 0 Å². The molecule has 19 heavy (non-hydrogen) atoms. The molecule has 4 nitrogen and oxygen atoms in total. The maximum atomic E-state index is 5.99. The van der Waals surface area contributed by atoms with Gasteiger partial charge in [0.2, 0.25) is 0 Å². The van der Waals surface area contributed by atoms with Crippen LogP contribution in [0.3, 0.4) is 0 Å². The molecule has 0 radical (unpaired) electrons. The topological polar surface area (TPSA) is 64.7 Å². The third-order valence-electron chi connectivity index (χ3n) is 2.92. The van der Waals surface area contributed by atoms with Gasteiger partial charge in [0.15, 0.2) is 5.82 Å². The van der Waals surface area contributed by atoms with Crippen LogP contribution in [-0.2, 0) is 12.8 Å². The van der Waals surface area contributed by atoms with Gasteiger partial charge in [-0.15, -0.1) is 0 Å². The van der Waals surface area contributed by atoms with Gasteiger partial charge in [0.05, 0.1) is 9.26 Å². The lowest BCUT2D eigenvalue weighted by atomic mass is 10.1. The Morgan fingerprint density at radius 2 is 2.05 bits per heavy atom. The minimum atomic E-state index is 0.543. The van der Waals surface area contributed by atoms with E-state index < -0.39 is 0 Å². The summed E-state index contributed by atoms with van der Waals surface area (Å²) < 4.78 is 0.956. The van der Waals surface area contributed by atoms with E-state index in [2.05, 4.69) is 57.5 Å². The van der Waals surface area contributed by atoms with Crippen LogP contribution >= 0.6 is 22.6 Å². The molecule has 0 aliphatic carbocycles. The summed E-state index contributed by atoms with van der Waals surface area (Å²) in [7, 11) is 0. The number of pyridine rings is 1. The Balaban J connectivity index is 2.56. The number of aryl methyl sites for hydroxylation is 2. The highest BCUT2D eigenvalue weighted by atomic mass is 127. The zero-order chi connectivity index (χ0) is 13.8. The quantitative estimate of drug-likeness (QED) is 0.842. The maximum absolute atomic E-state index is 5.99. The smallest absolute Gasteiger partial charge is 0.180 e. The molecule has 2 aromatic heterocycles. The summed E-state index contributed by atoms with van der Waals surface area (Å²) in [6.45, 7) is 4.23. The van der Waals surface area contributed by atoms with Crippen LogP contribution in [0.1, 0.15) is 31.5 Å². The highest BCUT2D eigenvalue weighted by molar-refractivity contribution is 14.1. The molecule has 0 unspecified atom stereocenters. The molecule has 0 spiro atoms. The number of anilines is 1.